The summed E-state index contributed by atoms with van der Waals surface area (Å²) in [4.78, 5) is 25.8. The third-order valence-electron chi connectivity index (χ3n) is 3.72. The topological polar surface area (TPSA) is 55.8 Å². The first-order chi connectivity index (χ1) is 12.4. The van der Waals surface area contributed by atoms with Crippen LogP contribution in [0.4, 0.5) is 0 Å². The molecule has 1 aromatic rings. The van der Waals surface area contributed by atoms with Crippen LogP contribution in [0, 0.1) is 6.92 Å². The average molecular weight is 361 g/mol. The Labute approximate surface area is 157 Å². The number of carbonyl (C=O) groups is 2. The molecular weight excluding hydrogens is 330 g/mol. The maximum absolute atomic E-state index is 12.5. The fraction of sp³-hybridized carbons (Fsp3) is 0.524. The molecule has 5 heteroatoms. The first kappa shape index (κ1) is 21.9. The van der Waals surface area contributed by atoms with Crippen LogP contribution < -0.4 is 0 Å². The standard InChI is InChI=1S/C21H31NO4/c1-5-25-21(24)13-15-22(14-6-16-26-17(2)3)20(23)12-11-19-9-7-18(4)8-10-19/h7-12,17H,5-6,13-16H2,1-4H3/b12-11+. The van der Waals surface area contributed by atoms with Crippen molar-refractivity contribution in [3.8, 4) is 0 Å². The zero-order valence-corrected chi connectivity index (χ0v) is 16.4. The molecule has 144 valence electrons. The number of esters is 1. The van der Waals surface area contributed by atoms with E-state index in [-0.39, 0.29) is 24.4 Å². The summed E-state index contributed by atoms with van der Waals surface area (Å²) < 4.78 is 10.5. The Hall–Kier alpha value is -2.14. The van der Waals surface area contributed by atoms with Gasteiger partial charge in [-0.1, -0.05) is 29.8 Å². The first-order valence-corrected chi connectivity index (χ1v) is 9.23. The number of ether oxygens (including phenoxy) is 2. The van der Waals surface area contributed by atoms with Crippen molar-refractivity contribution in [2.45, 2.75) is 46.6 Å². The lowest BCUT2D eigenvalue weighted by atomic mass is 10.1. The first-order valence-electron chi connectivity index (χ1n) is 9.23. The van der Waals surface area contributed by atoms with E-state index in [1.54, 1.807) is 24.0 Å². The van der Waals surface area contributed by atoms with E-state index < -0.39 is 0 Å². The number of carbonyl (C=O) groups excluding carboxylic acids is 2. The minimum Gasteiger partial charge on any atom is -0.466 e. The van der Waals surface area contributed by atoms with Crippen molar-refractivity contribution in [1.29, 1.82) is 0 Å². The smallest absolute Gasteiger partial charge is 0.307 e. The van der Waals surface area contributed by atoms with Gasteiger partial charge < -0.3 is 14.4 Å². The average Bonchev–Trinajstić information content (AvgIpc) is 2.60. The summed E-state index contributed by atoms with van der Waals surface area (Å²) in [5.41, 5.74) is 2.15. The lowest BCUT2D eigenvalue weighted by Crippen LogP contribution is -2.33. The van der Waals surface area contributed by atoms with Gasteiger partial charge in [0.1, 0.15) is 0 Å². The van der Waals surface area contributed by atoms with Crippen molar-refractivity contribution >= 4 is 18.0 Å². The molecule has 1 amide bonds. The van der Waals surface area contributed by atoms with Gasteiger partial charge in [-0.25, -0.2) is 0 Å². The Morgan fingerprint density at radius 3 is 2.46 bits per heavy atom. The molecule has 0 radical (unpaired) electrons. The van der Waals surface area contributed by atoms with Crippen LogP contribution in [0.2, 0.25) is 0 Å². The van der Waals surface area contributed by atoms with E-state index in [1.165, 1.54) is 5.56 Å². The highest BCUT2D eigenvalue weighted by atomic mass is 16.5. The molecule has 0 fully saturated rings. The third-order valence-corrected chi connectivity index (χ3v) is 3.72. The highest BCUT2D eigenvalue weighted by molar-refractivity contribution is 5.92. The fourth-order valence-corrected chi connectivity index (χ4v) is 2.32. The molecule has 0 aliphatic rings. The fourth-order valence-electron chi connectivity index (χ4n) is 2.32. The van der Waals surface area contributed by atoms with Gasteiger partial charge in [-0.2, -0.15) is 0 Å². The maximum atomic E-state index is 12.5. The van der Waals surface area contributed by atoms with Crippen LogP contribution in [0.3, 0.4) is 0 Å². The number of benzene rings is 1. The summed E-state index contributed by atoms with van der Waals surface area (Å²) in [7, 11) is 0. The van der Waals surface area contributed by atoms with Gasteiger partial charge in [0.25, 0.3) is 0 Å². The molecular formula is C21H31NO4. The van der Waals surface area contributed by atoms with E-state index >= 15 is 0 Å². The Balaban J connectivity index is 2.63. The van der Waals surface area contributed by atoms with Crippen molar-refractivity contribution < 1.29 is 19.1 Å². The van der Waals surface area contributed by atoms with Gasteiger partial charge in [-0.3, -0.25) is 9.59 Å². The van der Waals surface area contributed by atoms with Gasteiger partial charge in [-0.15, -0.1) is 0 Å². The Kier molecular flexibility index (Phi) is 10.3. The summed E-state index contributed by atoms with van der Waals surface area (Å²) in [6.07, 6.45) is 4.44. The molecule has 26 heavy (non-hydrogen) atoms. The largest absolute Gasteiger partial charge is 0.466 e. The van der Waals surface area contributed by atoms with Crippen LogP contribution in [-0.4, -0.2) is 49.2 Å². The summed E-state index contributed by atoms with van der Waals surface area (Å²) in [5, 5.41) is 0. The number of hydrogen-bond donors (Lipinski definition) is 0. The van der Waals surface area contributed by atoms with Crippen molar-refractivity contribution in [3.63, 3.8) is 0 Å². The van der Waals surface area contributed by atoms with Crippen molar-refractivity contribution in [1.82, 2.24) is 4.90 Å². The van der Waals surface area contributed by atoms with Gasteiger partial charge >= 0.3 is 5.97 Å². The second kappa shape index (κ2) is 12.3. The number of rotatable bonds is 11. The summed E-state index contributed by atoms with van der Waals surface area (Å²) >= 11 is 0. The second-order valence-electron chi connectivity index (χ2n) is 6.40. The highest BCUT2D eigenvalue weighted by Gasteiger charge is 2.13. The SMILES string of the molecule is CCOC(=O)CCN(CCCOC(C)C)C(=O)/C=C/c1ccc(C)cc1. The molecule has 0 aromatic heterocycles. The summed E-state index contributed by atoms with van der Waals surface area (Å²) in [5.74, 6) is -0.398. The number of hydrogen-bond acceptors (Lipinski definition) is 4. The molecule has 5 nitrogen and oxygen atoms in total. The van der Waals surface area contributed by atoms with Crippen LogP contribution in [0.25, 0.3) is 6.08 Å². The van der Waals surface area contributed by atoms with Crippen molar-refractivity contribution in [2.24, 2.45) is 0 Å². The van der Waals surface area contributed by atoms with E-state index in [1.807, 2.05) is 45.0 Å². The lowest BCUT2D eigenvalue weighted by molar-refractivity contribution is -0.143. The van der Waals surface area contributed by atoms with Crippen LogP contribution in [0.5, 0.6) is 0 Å². The molecule has 0 spiro atoms. The molecule has 0 aliphatic heterocycles. The molecule has 0 atom stereocenters. The summed E-state index contributed by atoms with van der Waals surface area (Å²) in [6.45, 7) is 9.58. The van der Waals surface area contributed by atoms with Gasteiger partial charge in [0.2, 0.25) is 5.91 Å². The summed E-state index contributed by atoms with van der Waals surface area (Å²) in [6, 6.07) is 7.95. The van der Waals surface area contributed by atoms with E-state index in [2.05, 4.69) is 0 Å². The van der Waals surface area contributed by atoms with Crippen LogP contribution in [0.1, 0.15) is 44.7 Å². The number of nitrogens with zero attached hydrogens (tertiary/aromatic N) is 1. The lowest BCUT2D eigenvalue weighted by Gasteiger charge is -2.21. The van der Waals surface area contributed by atoms with Crippen molar-refractivity contribution in [3.05, 3.63) is 41.5 Å². The monoisotopic (exact) mass is 361 g/mol. The van der Waals surface area contributed by atoms with Crippen LogP contribution in [-0.2, 0) is 19.1 Å². The normalized spacial score (nSPS) is 11.1. The molecule has 0 heterocycles. The molecule has 0 unspecified atom stereocenters. The van der Waals surface area contributed by atoms with E-state index in [4.69, 9.17) is 9.47 Å². The predicted octanol–water partition coefficient (Wildman–Crippen LogP) is 3.61. The minimum atomic E-state index is -0.286. The maximum Gasteiger partial charge on any atom is 0.307 e. The second-order valence-corrected chi connectivity index (χ2v) is 6.40. The third kappa shape index (κ3) is 9.37. The van der Waals surface area contributed by atoms with E-state index in [9.17, 15) is 9.59 Å². The number of aryl methyl sites for hydroxylation is 1. The zero-order chi connectivity index (χ0) is 19.4. The van der Waals surface area contributed by atoms with Crippen LogP contribution >= 0.6 is 0 Å². The Bertz CT molecular complexity index is 578. The van der Waals surface area contributed by atoms with E-state index in [0.29, 0.717) is 26.3 Å². The number of amides is 1. The van der Waals surface area contributed by atoms with Crippen molar-refractivity contribution in [2.75, 3.05) is 26.3 Å². The molecule has 0 saturated heterocycles. The molecule has 0 saturated carbocycles. The quantitative estimate of drug-likeness (QED) is 0.343. The molecule has 0 bridgehead atoms. The molecule has 1 aromatic carbocycles. The predicted molar refractivity (Wildman–Crippen MR) is 104 cm³/mol. The van der Waals surface area contributed by atoms with Gasteiger partial charge in [0.15, 0.2) is 0 Å². The highest BCUT2D eigenvalue weighted by Crippen LogP contribution is 2.07. The Morgan fingerprint density at radius 1 is 1.15 bits per heavy atom. The van der Waals surface area contributed by atoms with Gasteiger partial charge in [0.05, 0.1) is 19.1 Å². The molecule has 1 rings (SSSR count). The minimum absolute atomic E-state index is 0.112. The van der Waals surface area contributed by atoms with Crippen LogP contribution in [0.15, 0.2) is 30.3 Å². The Morgan fingerprint density at radius 2 is 1.85 bits per heavy atom. The zero-order valence-electron chi connectivity index (χ0n) is 16.4. The van der Waals surface area contributed by atoms with Gasteiger partial charge in [0, 0.05) is 25.8 Å². The van der Waals surface area contributed by atoms with E-state index in [0.717, 1.165) is 12.0 Å². The molecule has 0 aliphatic carbocycles. The molecule has 0 N–H and O–H groups in total. The van der Waals surface area contributed by atoms with Gasteiger partial charge in [-0.05, 0) is 45.8 Å².